The molecule has 0 saturated carbocycles. The van der Waals surface area contributed by atoms with Gasteiger partial charge in [0.1, 0.15) is 0 Å². The molecule has 1 saturated heterocycles. The summed E-state index contributed by atoms with van der Waals surface area (Å²) in [6, 6.07) is 7.82. The molecular weight excluding hydrogens is 278 g/mol. The number of urea groups is 1. The monoisotopic (exact) mass is 303 g/mol. The average molecular weight is 303 g/mol. The number of amides is 3. The number of carbonyl (C=O) groups is 2. The number of likely N-dealkylation sites (tertiary alicyclic amines) is 1. The van der Waals surface area contributed by atoms with Gasteiger partial charge in [0, 0.05) is 18.3 Å². The van der Waals surface area contributed by atoms with Crippen LogP contribution in [0.1, 0.15) is 38.7 Å². The van der Waals surface area contributed by atoms with Gasteiger partial charge < -0.3 is 16.0 Å². The Balaban J connectivity index is 2.09. The van der Waals surface area contributed by atoms with Crippen molar-refractivity contribution in [3.8, 4) is 0 Å². The van der Waals surface area contributed by atoms with E-state index in [9.17, 15) is 9.59 Å². The highest BCUT2D eigenvalue weighted by Gasteiger charge is 2.31. The molecular formula is C17H25N3O2. The van der Waals surface area contributed by atoms with Crippen molar-refractivity contribution in [2.45, 2.75) is 45.6 Å². The number of para-hydroxylation sites is 1. The van der Waals surface area contributed by atoms with Crippen LogP contribution < -0.4 is 11.1 Å². The summed E-state index contributed by atoms with van der Waals surface area (Å²) in [5.41, 5.74) is 7.38. The molecule has 1 aromatic carbocycles. The first-order valence-corrected chi connectivity index (χ1v) is 7.97. The molecule has 1 aromatic rings. The van der Waals surface area contributed by atoms with E-state index in [1.165, 1.54) is 0 Å². The molecule has 2 rings (SSSR count). The van der Waals surface area contributed by atoms with Crippen LogP contribution in [0.25, 0.3) is 0 Å². The second-order valence-corrected chi connectivity index (χ2v) is 6.02. The van der Waals surface area contributed by atoms with Crippen molar-refractivity contribution in [2.75, 3.05) is 11.9 Å². The largest absolute Gasteiger partial charge is 0.369 e. The third kappa shape index (κ3) is 3.78. The van der Waals surface area contributed by atoms with Gasteiger partial charge in [-0.3, -0.25) is 4.79 Å². The predicted molar refractivity (Wildman–Crippen MR) is 87.5 cm³/mol. The second kappa shape index (κ2) is 7.29. The summed E-state index contributed by atoms with van der Waals surface area (Å²) < 4.78 is 0. The van der Waals surface area contributed by atoms with Crippen LogP contribution in [-0.4, -0.2) is 29.4 Å². The summed E-state index contributed by atoms with van der Waals surface area (Å²) >= 11 is 0. The molecule has 0 aliphatic carbocycles. The molecule has 0 spiro atoms. The molecule has 0 bridgehead atoms. The van der Waals surface area contributed by atoms with Crippen LogP contribution in [0.3, 0.4) is 0 Å². The second-order valence-electron chi connectivity index (χ2n) is 6.02. The van der Waals surface area contributed by atoms with Crippen LogP contribution in [0.5, 0.6) is 0 Å². The van der Waals surface area contributed by atoms with Crippen molar-refractivity contribution in [1.82, 2.24) is 4.90 Å². The zero-order valence-electron chi connectivity index (χ0n) is 13.3. The number of anilines is 1. The summed E-state index contributed by atoms with van der Waals surface area (Å²) in [4.78, 5) is 25.7. The molecule has 1 aliphatic rings. The molecule has 0 radical (unpaired) electrons. The molecule has 2 atom stereocenters. The normalized spacial score (nSPS) is 21.5. The summed E-state index contributed by atoms with van der Waals surface area (Å²) in [5, 5.41) is 2.99. The van der Waals surface area contributed by atoms with Gasteiger partial charge in [-0.2, -0.15) is 0 Å². The Kier molecular flexibility index (Phi) is 5.41. The minimum absolute atomic E-state index is 0.119. The summed E-state index contributed by atoms with van der Waals surface area (Å²) in [6.07, 6.45) is 3.51. The number of carbonyl (C=O) groups excluding carboxylic acids is 2. The maximum absolute atomic E-state index is 12.6. The van der Waals surface area contributed by atoms with Crippen molar-refractivity contribution in [3.05, 3.63) is 29.8 Å². The molecule has 1 aliphatic heterocycles. The van der Waals surface area contributed by atoms with Crippen molar-refractivity contribution in [3.63, 3.8) is 0 Å². The van der Waals surface area contributed by atoms with Crippen LogP contribution >= 0.6 is 0 Å². The molecule has 0 aromatic heterocycles. The van der Waals surface area contributed by atoms with Crippen LogP contribution in [0.4, 0.5) is 10.5 Å². The SMILES string of the molecule is CCCc1ccccc1NC(=O)N1CC(C(N)=O)CCC1C. The number of hydrogen-bond donors (Lipinski definition) is 2. The topological polar surface area (TPSA) is 75.4 Å². The third-order valence-electron chi connectivity index (χ3n) is 4.32. The van der Waals surface area contributed by atoms with Gasteiger partial charge in [0.15, 0.2) is 0 Å². The minimum Gasteiger partial charge on any atom is -0.369 e. The lowest BCUT2D eigenvalue weighted by Crippen LogP contribution is -2.50. The van der Waals surface area contributed by atoms with Gasteiger partial charge in [0.05, 0.1) is 5.92 Å². The van der Waals surface area contributed by atoms with Crippen molar-refractivity contribution in [2.24, 2.45) is 11.7 Å². The Bertz CT molecular complexity index is 544. The number of hydrogen-bond acceptors (Lipinski definition) is 2. The molecule has 1 heterocycles. The number of nitrogens with two attached hydrogens (primary N) is 1. The van der Waals surface area contributed by atoms with E-state index in [0.29, 0.717) is 6.54 Å². The van der Waals surface area contributed by atoms with Crippen LogP contribution in [0, 0.1) is 5.92 Å². The number of primary amides is 1. The molecule has 22 heavy (non-hydrogen) atoms. The summed E-state index contributed by atoms with van der Waals surface area (Å²) in [6.45, 7) is 4.52. The van der Waals surface area contributed by atoms with E-state index in [1.54, 1.807) is 4.90 Å². The van der Waals surface area contributed by atoms with E-state index in [0.717, 1.165) is 36.9 Å². The summed E-state index contributed by atoms with van der Waals surface area (Å²) in [5.74, 6) is -0.566. The number of benzene rings is 1. The van der Waals surface area contributed by atoms with Gasteiger partial charge in [-0.05, 0) is 37.8 Å². The fourth-order valence-electron chi connectivity index (χ4n) is 2.94. The summed E-state index contributed by atoms with van der Waals surface area (Å²) in [7, 11) is 0. The zero-order valence-corrected chi connectivity index (χ0v) is 13.3. The fourth-order valence-corrected chi connectivity index (χ4v) is 2.94. The molecule has 3 amide bonds. The minimum atomic E-state index is -0.323. The van der Waals surface area contributed by atoms with E-state index in [-0.39, 0.29) is 23.9 Å². The number of rotatable bonds is 4. The van der Waals surface area contributed by atoms with Gasteiger partial charge in [-0.1, -0.05) is 31.5 Å². The maximum Gasteiger partial charge on any atom is 0.322 e. The molecule has 5 heteroatoms. The first-order valence-electron chi connectivity index (χ1n) is 7.97. The Morgan fingerprint density at radius 3 is 2.73 bits per heavy atom. The molecule has 1 fully saturated rings. The average Bonchev–Trinajstić information content (AvgIpc) is 2.49. The Morgan fingerprint density at radius 1 is 1.32 bits per heavy atom. The van der Waals surface area contributed by atoms with E-state index >= 15 is 0 Å². The first kappa shape index (κ1) is 16.3. The van der Waals surface area contributed by atoms with Gasteiger partial charge in [-0.25, -0.2) is 4.79 Å². The quantitative estimate of drug-likeness (QED) is 0.897. The number of nitrogens with zero attached hydrogens (tertiary/aromatic N) is 1. The van der Waals surface area contributed by atoms with Crippen LogP contribution in [0.2, 0.25) is 0 Å². The van der Waals surface area contributed by atoms with Gasteiger partial charge in [-0.15, -0.1) is 0 Å². The Labute approximate surface area is 131 Å². The highest BCUT2D eigenvalue weighted by Crippen LogP contribution is 2.24. The van der Waals surface area contributed by atoms with Crippen LogP contribution in [-0.2, 0) is 11.2 Å². The van der Waals surface area contributed by atoms with Crippen molar-refractivity contribution >= 4 is 17.6 Å². The first-order chi connectivity index (χ1) is 10.5. The lowest BCUT2D eigenvalue weighted by atomic mass is 9.93. The molecule has 3 N–H and O–H groups in total. The standard InChI is InChI=1S/C17H25N3O2/c1-3-6-13-7-4-5-8-15(13)19-17(22)20-11-14(16(18)21)10-9-12(20)2/h4-5,7-8,12,14H,3,6,9-11H2,1-2H3,(H2,18,21)(H,19,22). The molecule has 5 nitrogen and oxygen atoms in total. The van der Waals surface area contributed by atoms with E-state index in [2.05, 4.69) is 12.2 Å². The fraction of sp³-hybridized carbons (Fsp3) is 0.529. The van der Waals surface area contributed by atoms with E-state index in [1.807, 2.05) is 31.2 Å². The predicted octanol–water partition coefficient (Wildman–Crippen LogP) is 2.76. The Hall–Kier alpha value is -2.04. The molecule has 2 unspecified atom stereocenters. The highest BCUT2D eigenvalue weighted by atomic mass is 16.2. The van der Waals surface area contributed by atoms with Crippen LogP contribution in [0.15, 0.2) is 24.3 Å². The van der Waals surface area contributed by atoms with Gasteiger partial charge in [0.2, 0.25) is 5.91 Å². The Morgan fingerprint density at radius 2 is 2.05 bits per heavy atom. The maximum atomic E-state index is 12.6. The van der Waals surface area contributed by atoms with E-state index in [4.69, 9.17) is 5.73 Å². The number of piperidine rings is 1. The highest BCUT2D eigenvalue weighted by molar-refractivity contribution is 5.91. The van der Waals surface area contributed by atoms with E-state index < -0.39 is 0 Å². The van der Waals surface area contributed by atoms with Crippen molar-refractivity contribution < 1.29 is 9.59 Å². The lowest BCUT2D eigenvalue weighted by Gasteiger charge is -2.36. The number of nitrogens with one attached hydrogen (secondary N) is 1. The number of aryl methyl sites for hydroxylation is 1. The van der Waals surface area contributed by atoms with Crippen molar-refractivity contribution in [1.29, 1.82) is 0 Å². The van der Waals surface area contributed by atoms with Gasteiger partial charge >= 0.3 is 6.03 Å². The lowest BCUT2D eigenvalue weighted by molar-refractivity contribution is -0.123. The third-order valence-corrected chi connectivity index (χ3v) is 4.32. The van der Waals surface area contributed by atoms with Gasteiger partial charge in [0.25, 0.3) is 0 Å². The molecule has 120 valence electrons. The zero-order chi connectivity index (χ0) is 16.1. The smallest absolute Gasteiger partial charge is 0.322 e.